The van der Waals surface area contributed by atoms with Crippen LogP contribution in [0.5, 0.6) is 11.5 Å². The van der Waals surface area contributed by atoms with Gasteiger partial charge in [0.25, 0.3) is 0 Å². The molecule has 1 aliphatic rings. The molecule has 0 bridgehead atoms. The molecule has 1 heterocycles. The van der Waals surface area contributed by atoms with Crippen LogP contribution < -0.4 is 9.47 Å². The van der Waals surface area contributed by atoms with Crippen LogP contribution >= 0.6 is 11.6 Å². The van der Waals surface area contributed by atoms with Crippen molar-refractivity contribution in [2.75, 3.05) is 20.3 Å². The Hall–Kier alpha value is -2.47. The number of benzene rings is 1. The van der Waals surface area contributed by atoms with Gasteiger partial charge in [-0.2, -0.15) is 0 Å². The molecule has 1 aromatic carbocycles. The second-order valence-corrected chi connectivity index (χ2v) is 8.93. The first kappa shape index (κ1) is 21.2. The molecule has 0 radical (unpaired) electrons. The Kier molecular flexibility index (Phi) is 5.94. The predicted octanol–water partition coefficient (Wildman–Crippen LogP) is 5.35. The van der Waals surface area contributed by atoms with Gasteiger partial charge in [0, 0.05) is 23.1 Å². The molecule has 1 saturated carbocycles. The number of nitrogens with zero attached hydrogens (tertiary/aromatic N) is 2. The number of pyridine rings is 1. The molecule has 1 aliphatic carbocycles. The Labute approximate surface area is 176 Å². The average molecular weight is 419 g/mol. The van der Waals surface area contributed by atoms with Gasteiger partial charge in [0.05, 0.1) is 19.9 Å². The van der Waals surface area contributed by atoms with Crippen LogP contribution in [-0.2, 0) is 0 Å². The molecule has 1 N–H and O–H groups in total. The lowest BCUT2D eigenvalue weighted by molar-refractivity contribution is 0.0746. The number of methoxy groups -OCH3 is 1. The van der Waals surface area contributed by atoms with Gasteiger partial charge >= 0.3 is 6.09 Å². The summed E-state index contributed by atoms with van der Waals surface area (Å²) in [6.45, 7) is 6.61. The molecule has 1 amide bonds. The van der Waals surface area contributed by atoms with E-state index >= 15 is 0 Å². The third-order valence-corrected chi connectivity index (χ3v) is 5.53. The standard InChI is InChI=1S/C22H27ClN2O4/c1-21(2,3)25(20(26)27)13-22(8-9-22)14-29-17-11-18(19(23)24-12-17)15-6-5-7-16(10-15)28-4/h5-7,10-12H,8-9,13-14H2,1-4H3,(H,26,27). The monoisotopic (exact) mass is 418 g/mol. The molecule has 1 aromatic heterocycles. The van der Waals surface area contributed by atoms with Crippen molar-refractivity contribution in [3.63, 3.8) is 0 Å². The van der Waals surface area contributed by atoms with E-state index in [0.717, 1.165) is 29.7 Å². The van der Waals surface area contributed by atoms with Crippen LogP contribution in [0.15, 0.2) is 36.5 Å². The van der Waals surface area contributed by atoms with E-state index in [4.69, 9.17) is 21.1 Å². The second kappa shape index (κ2) is 8.11. The van der Waals surface area contributed by atoms with Gasteiger partial charge in [-0.15, -0.1) is 0 Å². The van der Waals surface area contributed by atoms with Crippen molar-refractivity contribution in [3.8, 4) is 22.6 Å². The van der Waals surface area contributed by atoms with Crippen LogP contribution in [0.4, 0.5) is 4.79 Å². The molecule has 0 unspecified atom stereocenters. The van der Waals surface area contributed by atoms with Crippen LogP contribution in [0.25, 0.3) is 11.1 Å². The van der Waals surface area contributed by atoms with E-state index in [2.05, 4.69) is 4.98 Å². The Morgan fingerprint density at radius 1 is 1.28 bits per heavy atom. The molecule has 6 nitrogen and oxygen atoms in total. The molecule has 3 rings (SSSR count). The maximum atomic E-state index is 11.7. The number of hydrogen-bond acceptors (Lipinski definition) is 4. The average Bonchev–Trinajstić information content (AvgIpc) is 3.44. The van der Waals surface area contributed by atoms with Crippen LogP contribution in [0.1, 0.15) is 33.6 Å². The first-order valence-electron chi connectivity index (χ1n) is 9.57. The van der Waals surface area contributed by atoms with Gasteiger partial charge in [0.15, 0.2) is 0 Å². The van der Waals surface area contributed by atoms with Crippen molar-refractivity contribution in [2.24, 2.45) is 5.41 Å². The number of rotatable bonds is 7. The van der Waals surface area contributed by atoms with E-state index in [1.165, 1.54) is 4.90 Å². The third-order valence-electron chi connectivity index (χ3n) is 5.23. The minimum Gasteiger partial charge on any atom is -0.497 e. The van der Waals surface area contributed by atoms with Crippen molar-refractivity contribution in [1.82, 2.24) is 9.88 Å². The van der Waals surface area contributed by atoms with Gasteiger partial charge < -0.3 is 19.5 Å². The molecule has 156 valence electrons. The zero-order chi connectivity index (χ0) is 21.2. The SMILES string of the molecule is COc1cccc(-c2cc(OCC3(CN(C(=O)O)C(C)(C)C)CC3)cnc2Cl)c1. The van der Waals surface area contributed by atoms with Gasteiger partial charge in [0.2, 0.25) is 0 Å². The summed E-state index contributed by atoms with van der Waals surface area (Å²) in [6, 6.07) is 9.45. The van der Waals surface area contributed by atoms with Gasteiger partial charge in [-0.25, -0.2) is 9.78 Å². The minimum absolute atomic E-state index is 0.151. The smallest absolute Gasteiger partial charge is 0.407 e. The highest BCUT2D eigenvalue weighted by atomic mass is 35.5. The van der Waals surface area contributed by atoms with E-state index in [1.54, 1.807) is 13.3 Å². The van der Waals surface area contributed by atoms with Crippen LogP contribution in [-0.4, -0.2) is 46.9 Å². The van der Waals surface area contributed by atoms with Crippen molar-refractivity contribution in [2.45, 2.75) is 39.2 Å². The third kappa shape index (κ3) is 5.12. The number of hydrogen-bond donors (Lipinski definition) is 1. The van der Waals surface area contributed by atoms with E-state index < -0.39 is 11.6 Å². The number of carboxylic acid groups (broad SMARTS) is 1. The summed E-state index contributed by atoms with van der Waals surface area (Å²) in [5, 5.41) is 9.96. The van der Waals surface area contributed by atoms with Crippen molar-refractivity contribution < 1.29 is 19.4 Å². The van der Waals surface area contributed by atoms with E-state index in [-0.39, 0.29) is 5.41 Å². The zero-order valence-corrected chi connectivity index (χ0v) is 18.0. The van der Waals surface area contributed by atoms with Crippen molar-refractivity contribution in [1.29, 1.82) is 0 Å². The highest BCUT2D eigenvalue weighted by Gasteiger charge is 2.47. The molecule has 2 aromatic rings. The Morgan fingerprint density at radius 3 is 2.59 bits per heavy atom. The maximum Gasteiger partial charge on any atom is 0.407 e. The van der Waals surface area contributed by atoms with Crippen LogP contribution in [0.3, 0.4) is 0 Å². The minimum atomic E-state index is -0.905. The lowest BCUT2D eigenvalue weighted by Gasteiger charge is -2.36. The summed E-state index contributed by atoms with van der Waals surface area (Å²) < 4.78 is 11.3. The molecule has 0 atom stereocenters. The van der Waals surface area contributed by atoms with Gasteiger partial charge in [-0.1, -0.05) is 23.7 Å². The maximum absolute atomic E-state index is 11.7. The summed E-state index contributed by atoms with van der Waals surface area (Å²) in [7, 11) is 1.62. The summed E-state index contributed by atoms with van der Waals surface area (Å²) in [5.41, 5.74) is 1.04. The topological polar surface area (TPSA) is 71.9 Å². The van der Waals surface area contributed by atoms with E-state index in [1.807, 2.05) is 51.1 Å². The summed E-state index contributed by atoms with van der Waals surface area (Å²) in [5.74, 6) is 1.34. The first-order valence-corrected chi connectivity index (χ1v) is 9.95. The predicted molar refractivity (Wildman–Crippen MR) is 113 cm³/mol. The Morgan fingerprint density at radius 2 is 2.00 bits per heavy atom. The molecule has 0 aliphatic heterocycles. The fourth-order valence-corrected chi connectivity index (χ4v) is 3.40. The normalized spacial score (nSPS) is 14.9. The van der Waals surface area contributed by atoms with E-state index in [9.17, 15) is 9.90 Å². The fourth-order valence-electron chi connectivity index (χ4n) is 3.19. The van der Waals surface area contributed by atoms with Crippen LogP contribution in [0, 0.1) is 5.41 Å². The number of carbonyl (C=O) groups is 1. The molecule has 7 heteroatoms. The summed E-state index contributed by atoms with van der Waals surface area (Å²) >= 11 is 6.30. The van der Waals surface area contributed by atoms with Gasteiger partial charge in [-0.05, 0) is 57.4 Å². The highest BCUT2D eigenvalue weighted by Crippen LogP contribution is 2.47. The molecule has 29 heavy (non-hydrogen) atoms. The molecule has 0 spiro atoms. The Balaban J connectivity index is 1.73. The largest absolute Gasteiger partial charge is 0.497 e. The number of amides is 1. The zero-order valence-electron chi connectivity index (χ0n) is 17.2. The number of ether oxygens (including phenoxy) is 2. The first-order chi connectivity index (χ1) is 13.6. The van der Waals surface area contributed by atoms with Gasteiger partial charge in [-0.3, -0.25) is 0 Å². The Bertz CT molecular complexity index is 891. The molecule has 0 saturated heterocycles. The highest BCUT2D eigenvalue weighted by molar-refractivity contribution is 6.32. The molecular formula is C22H27ClN2O4. The van der Waals surface area contributed by atoms with Crippen LogP contribution in [0.2, 0.25) is 5.15 Å². The summed E-state index contributed by atoms with van der Waals surface area (Å²) in [6.07, 6.45) is 2.57. The number of aromatic nitrogens is 1. The molecular weight excluding hydrogens is 392 g/mol. The number of halogens is 1. The lowest BCUT2D eigenvalue weighted by atomic mass is 10.0. The lowest BCUT2D eigenvalue weighted by Crippen LogP contribution is -2.48. The second-order valence-electron chi connectivity index (χ2n) is 8.57. The quantitative estimate of drug-likeness (QED) is 0.614. The van der Waals surface area contributed by atoms with Gasteiger partial charge in [0.1, 0.15) is 16.7 Å². The summed E-state index contributed by atoms with van der Waals surface area (Å²) in [4.78, 5) is 17.4. The molecule has 1 fully saturated rings. The van der Waals surface area contributed by atoms with E-state index in [0.29, 0.717) is 24.1 Å². The fraction of sp³-hybridized carbons (Fsp3) is 0.455. The van der Waals surface area contributed by atoms with Crippen molar-refractivity contribution in [3.05, 3.63) is 41.7 Å². The van der Waals surface area contributed by atoms with Crippen molar-refractivity contribution >= 4 is 17.7 Å².